The van der Waals surface area contributed by atoms with E-state index in [4.69, 9.17) is 11.6 Å². The second-order valence-electron chi connectivity index (χ2n) is 5.81. The third kappa shape index (κ3) is 3.14. The molecule has 0 spiro atoms. The van der Waals surface area contributed by atoms with E-state index in [1.807, 2.05) is 36.9 Å². The van der Waals surface area contributed by atoms with E-state index in [1.54, 1.807) is 0 Å². The number of benzene rings is 1. The number of anilines is 1. The summed E-state index contributed by atoms with van der Waals surface area (Å²) in [4.78, 5) is 17.7. The van der Waals surface area contributed by atoms with Crippen molar-refractivity contribution >= 4 is 50.0 Å². The van der Waals surface area contributed by atoms with Crippen molar-refractivity contribution in [2.75, 3.05) is 22.3 Å². The Morgan fingerprint density at radius 2 is 2.13 bits per heavy atom. The molecule has 2 heterocycles. The molecule has 2 unspecified atom stereocenters. The Morgan fingerprint density at radius 1 is 1.39 bits per heavy atom. The largest absolute Gasteiger partial charge is 0.315 e. The second-order valence-corrected chi connectivity index (χ2v) is 9.44. The number of hydrogen-bond donors (Lipinski definition) is 0. The minimum atomic E-state index is -3.06. The lowest BCUT2D eigenvalue weighted by Crippen LogP contribution is -2.38. The van der Waals surface area contributed by atoms with Crippen molar-refractivity contribution < 1.29 is 13.2 Å². The highest BCUT2D eigenvalue weighted by atomic mass is 35.5. The number of alkyl halides is 1. The van der Waals surface area contributed by atoms with Gasteiger partial charge in [0.15, 0.2) is 15.0 Å². The number of fused-ring (bicyclic) bond motifs is 1. The van der Waals surface area contributed by atoms with E-state index in [2.05, 4.69) is 4.99 Å². The zero-order valence-electron chi connectivity index (χ0n) is 12.8. The quantitative estimate of drug-likeness (QED) is 0.744. The molecule has 0 N–H and O–H groups in total. The van der Waals surface area contributed by atoms with Crippen molar-refractivity contribution in [2.45, 2.75) is 25.1 Å². The first-order valence-corrected chi connectivity index (χ1v) is 10.5. The molecule has 1 aromatic rings. The topological polar surface area (TPSA) is 66.8 Å². The van der Waals surface area contributed by atoms with Gasteiger partial charge in [-0.05, 0) is 31.0 Å². The minimum absolute atomic E-state index is 0.0894. The average Bonchev–Trinajstić information content (AvgIpc) is 2.93. The maximum absolute atomic E-state index is 12.0. The number of nitrogens with zero attached hydrogens (tertiary/aromatic N) is 2. The molecule has 0 saturated carbocycles. The first-order chi connectivity index (χ1) is 10.8. The van der Waals surface area contributed by atoms with Gasteiger partial charge in [0.1, 0.15) is 5.88 Å². The van der Waals surface area contributed by atoms with Gasteiger partial charge in [0.2, 0.25) is 0 Å². The summed E-state index contributed by atoms with van der Waals surface area (Å²) in [5, 5.41) is 0.455. The van der Waals surface area contributed by atoms with Gasteiger partial charge in [0.05, 0.1) is 17.5 Å². The van der Waals surface area contributed by atoms with Crippen LogP contribution in [0, 0.1) is 13.8 Å². The number of hydrogen-bond acceptors (Lipinski definition) is 4. The standard InChI is InChI=1S/C15H17ClN2O3S2/c1-9-4-3-5-11(10(9)2)18-12-7-23(20,21)8-13(12)22-15(18)17-14(19)6-16/h3-5,12-13H,6-8H2,1-2H3. The number of aliphatic imine (C=N–C) groups is 1. The fourth-order valence-corrected chi connectivity index (χ4v) is 6.96. The third-order valence-electron chi connectivity index (χ3n) is 4.24. The number of thioether (sulfide) groups is 1. The summed E-state index contributed by atoms with van der Waals surface area (Å²) in [6.45, 7) is 4.00. The molecule has 2 aliphatic rings. The first-order valence-electron chi connectivity index (χ1n) is 7.22. The molecule has 2 fully saturated rings. The lowest BCUT2D eigenvalue weighted by atomic mass is 10.1. The Kier molecular flexibility index (Phi) is 4.46. The highest BCUT2D eigenvalue weighted by molar-refractivity contribution is 8.16. The van der Waals surface area contributed by atoms with Crippen LogP contribution in [0.5, 0.6) is 0 Å². The molecule has 1 aromatic carbocycles. The summed E-state index contributed by atoms with van der Waals surface area (Å²) in [5.41, 5.74) is 3.08. The normalized spacial score (nSPS) is 27.4. The summed E-state index contributed by atoms with van der Waals surface area (Å²) in [6, 6.07) is 5.69. The summed E-state index contributed by atoms with van der Waals surface area (Å²) in [7, 11) is -3.06. The van der Waals surface area contributed by atoms with Crippen LogP contribution in [-0.2, 0) is 14.6 Å². The zero-order chi connectivity index (χ0) is 16.8. The molecule has 3 rings (SSSR count). The van der Waals surface area contributed by atoms with Gasteiger partial charge in [-0.3, -0.25) is 4.79 Å². The fourth-order valence-electron chi connectivity index (χ4n) is 2.98. The van der Waals surface area contributed by atoms with Crippen molar-refractivity contribution in [3.05, 3.63) is 29.3 Å². The van der Waals surface area contributed by atoms with Crippen LogP contribution < -0.4 is 4.90 Å². The van der Waals surface area contributed by atoms with Gasteiger partial charge in [-0.15, -0.1) is 11.6 Å². The van der Waals surface area contributed by atoms with Crippen LogP contribution in [-0.4, -0.2) is 48.2 Å². The summed E-state index contributed by atoms with van der Waals surface area (Å²) in [5.74, 6) is -0.380. The van der Waals surface area contributed by atoms with Crippen LogP contribution in [0.4, 0.5) is 5.69 Å². The van der Waals surface area contributed by atoms with Crippen LogP contribution in [0.1, 0.15) is 11.1 Å². The monoisotopic (exact) mass is 372 g/mol. The van der Waals surface area contributed by atoms with Gasteiger partial charge in [0.25, 0.3) is 5.91 Å². The molecule has 124 valence electrons. The molecular weight excluding hydrogens is 356 g/mol. The molecule has 2 saturated heterocycles. The number of rotatable bonds is 2. The van der Waals surface area contributed by atoms with Crippen molar-refractivity contribution in [3.63, 3.8) is 0 Å². The molecular formula is C15H17ClN2O3S2. The Morgan fingerprint density at radius 3 is 2.83 bits per heavy atom. The number of sulfone groups is 1. The molecule has 2 aliphatic heterocycles. The Bertz CT molecular complexity index is 792. The van der Waals surface area contributed by atoms with E-state index >= 15 is 0 Å². The van der Waals surface area contributed by atoms with E-state index in [9.17, 15) is 13.2 Å². The maximum atomic E-state index is 12.0. The van der Waals surface area contributed by atoms with Gasteiger partial charge in [-0.1, -0.05) is 23.9 Å². The maximum Gasteiger partial charge on any atom is 0.262 e. The van der Waals surface area contributed by atoms with E-state index in [-0.39, 0.29) is 28.7 Å². The SMILES string of the molecule is Cc1cccc(N2C(=NC(=O)CCl)SC3CS(=O)(=O)CC32)c1C. The number of amidine groups is 1. The summed E-state index contributed by atoms with van der Waals surface area (Å²) < 4.78 is 24.0. The highest BCUT2D eigenvalue weighted by Gasteiger charge is 2.49. The molecule has 0 aliphatic carbocycles. The Balaban J connectivity index is 2.09. The molecule has 0 aromatic heterocycles. The van der Waals surface area contributed by atoms with Crippen LogP contribution in [0.25, 0.3) is 0 Å². The fraction of sp³-hybridized carbons (Fsp3) is 0.467. The van der Waals surface area contributed by atoms with E-state index < -0.39 is 15.7 Å². The number of carbonyl (C=O) groups excluding carboxylic acids is 1. The summed E-state index contributed by atoms with van der Waals surface area (Å²) in [6.07, 6.45) is 0. The summed E-state index contributed by atoms with van der Waals surface area (Å²) >= 11 is 6.93. The molecule has 2 atom stereocenters. The molecule has 0 bridgehead atoms. The van der Waals surface area contributed by atoms with Crippen LogP contribution >= 0.6 is 23.4 Å². The van der Waals surface area contributed by atoms with Crippen molar-refractivity contribution in [3.8, 4) is 0 Å². The Hall–Kier alpha value is -1.05. The van der Waals surface area contributed by atoms with Gasteiger partial charge >= 0.3 is 0 Å². The van der Waals surface area contributed by atoms with Crippen molar-refractivity contribution in [2.24, 2.45) is 4.99 Å². The lowest BCUT2D eigenvalue weighted by molar-refractivity contribution is -0.115. The molecule has 0 radical (unpaired) electrons. The van der Waals surface area contributed by atoms with Gasteiger partial charge in [-0.25, -0.2) is 8.42 Å². The Labute approximate surface area is 145 Å². The van der Waals surface area contributed by atoms with Crippen molar-refractivity contribution in [1.29, 1.82) is 0 Å². The molecule has 23 heavy (non-hydrogen) atoms. The number of amides is 1. The minimum Gasteiger partial charge on any atom is -0.315 e. The number of aryl methyl sites for hydroxylation is 1. The van der Waals surface area contributed by atoms with Crippen molar-refractivity contribution in [1.82, 2.24) is 0 Å². The first kappa shape index (κ1) is 16.8. The molecule has 5 nitrogen and oxygen atoms in total. The van der Waals surface area contributed by atoms with Crippen LogP contribution in [0.3, 0.4) is 0 Å². The van der Waals surface area contributed by atoms with Gasteiger partial charge in [0, 0.05) is 10.9 Å². The third-order valence-corrected chi connectivity index (χ3v) is 7.68. The van der Waals surface area contributed by atoms with E-state index in [0.29, 0.717) is 5.17 Å². The predicted molar refractivity (Wildman–Crippen MR) is 95.4 cm³/mol. The second kappa shape index (κ2) is 6.11. The average molecular weight is 373 g/mol. The van der Waals surface area contributed by atoms with E-state index in [0.717, 1.165) is 16.8 Å². The van der Waals surface area contributed by atoms with E-state index in [1.165, 1.54) is 11.8 Å². The zero-order valence-corrected chi connectivity index (χ0v) is 15.2. The molecule has 1 amide bonds. The predicted octanol–water partition coefficient (Wildman–Crippen LogP) is 2.14. The number of carbonyl (C=O) groups is 1. The van der Waals surface area contributed by atoms with Gasteiger partial charge in [-0.2, -0.15) is 4.99 Å². The van der Waals surface area contributed by atoms with Crippen LogP contribution in [0.15, 0.2) is 23.2 Å². The molecule has 8 heteroatoms. The highest BCUT2D eigenvalue weighted by Crippen LogP contribution is 2.42. The lowest BCUT2D eigenvalue weighted by Gasteiger charge is -2.26. The van der Waals surface area contributed by atoms with Crippen LogP contribution in [0.2, 0.25) is 0 Å². The van der Waals surface area contributed by atoms with Gasteiger partial charge < -0.3 is 4.90 Å². The smallest absolute Gasteiger partial charge is 0.262 e. The number of halogens is 1.